The zero-order chi connectivity index (χ0) is 20.4. The lowest BCUT2D eigenvalue weighted by atomic mass is 10.1. The Morgan fingerprint density at radius 1 is 0.964 bits per heavy atom. The quantitative estimate of drug-likeness (QED) is 0.464. The molecular formula is C24H33N3O. The molecule has 0 heterocycles. The van der Waals surface area contributed by atoms with Gasteiger partial charge in [0.1, 0.15) is 0 Å². The molecule has 0 unspecified atom stereocenters. The van der Waals surface area contributed by atoms with Crippen molar-refractivity contribution in [3.8, 4) is 0 Å². The first-order chi connectivity index (χ1) is 13.5. The van der Waals surface area contributed by atoms with Crippen LogP contribution in [0.5, 0.6) is 0 Å². The Morgan fingerprint density at radius 3 is 2.18 bits per heavy atom. The molecule has 2 aromatic rings. The number of anilines is 1. The molecule has 0 spiro atoms. The van der Waals surface area contributed by atoms with Crippen LogP contribution >= 0.6 is 0 Å². The van der Waals surface area contributed by atoms with Crippen molar-refractivity contribution in [2.24, 2.45) is 0 Å². The average Bonchev–Trinajstić information content (AvgIpc) is 2.71. The summed E-state index contributed by atoms with van der Waals surface area (Å²) in [6.07, 6.45) is 3.52. The second-order valence-corrected chi connectivity index (χ2v) is 7.21. The number of nitrogens with one attached hydrogen (secondary N) is 1. The molecule has 1 N–H and O–H groups in total. The first-order valence-corrected chi connectivity index (χ1v) is 10.0. The minimum Gasteiger partial charge on any atom is -0.384 e. The Kier molecular flexibility index (Phi) is 8.92. The number of benzene rings is 2. The van der Waals surface area contributed by atoms with Gasteiger partial charge in [-0.2, -0.15) is 0 Å². The summed E-state index contributed by atoms with van der Waals surface area (Å²) in [5.41, 5.74) is 4.07. The maximum Gasteiger partial charge on any atom is 0.185 e. The Hall–Kier alpha value is -2.43. The van der Waals surface area contributed by atoms with E-state index in [2.05, 4.69) is 43.1 Å². The number of allylic oxidation sites excluding steroid dienone is 1. The molecule has 150 valence electrons. The van der Waals surface area contributed by atoms with E-state index in [0.717, 1.165) is 49.5 Å². The van der Waals surface area contributed by atoms with Crippen molar-refractivity contribution in [1.29, 1.82) is 0 Å². The highest BCUT2D eigenvalue weighted by Crippen LogP contribution is 2.12. The summed E-state index contributed by atoms with van der Waals surface area (Å²) < 4.78 is 0. The molecule has 2 aromatic carbocycles. The van der Waals surface area contributed by atoms with E-state index in [1.54, 1.807) is 6.08 Å². The van der Waals surface area contributed by atoms with Gasteiger partial charge in [-0.05, 0) is 56.5 Å². The topological polar surface area (TPSA) is 35.6 Å². The normalized spacial score (nSPS) is 11.5. The van der Waals surface area contributed by atoms with E-state index in [4.69, 9.17) is 0 Å². The van der Waals surface area contributed by atoms with Crippen LogP contribution in [0, 0.1) is 0 Å². The summed E-state index contributed by atoms with van der Waals surface area (Å²) in [5, 5.41) is 3.38. The number of ketones is 1. The molecule has 0 amide bonds. The Morgan fingerprint density at radius 2 is 1.61 bits per heavy atom. The Bertz CT molecular complexity index is 744. The molecule has 0 saturated heterocycles. The van der Waals surface area contributed by atoms with E-state index >= 15 is 0 Å². The maximum atomic E-state index is 12.4. The Labute approximate surface area is 169 Å². The van der Waals surface area contributed by atoms with Crippen molar-refractivity contribution in [2.75, 3.05) is 45.6 Å². The van der Waals surface area contributed by atoms with Crippen LogP contribution in [-0.2, 0) is 6.54 Å². The van der Waals surface area contributed by atoms with Crippen molar-refractivity contribution < 1.29 is 4.79 Å². The van der Waals surface area contributed by atoms with Crippen molar-refractivity contribution in [1.82, 2.24) is 9.80 Å². The van der Waals surface area contributed by atoms with Crippen molar-refractivity contribution in [3.63, 3.8) is 0 Å². The van der Waals surface area contributed by atoms with Gasteiger partial charge in [0.2, 0.25) is 0 Å². The molecule has 0 aliphatic rings. The van der Waals surface area contributed by atoms with Gasteiger partial charge in [0.05, 0.1) is 0 Å². The molecule has 0 bridgehead atoms. The predicted molar refractivity (Wildman–Crippen MR) is 120 cm³/mol. The molecule has 2 rings (SSSR count). The number of hydrogen-bond acceptors (Lipinski definition) is 4. The van der Waals surface area contributed by atoms with E-state index in [1.807, 2.05) is 54.6 Å². The van der Waals surface area contributed by atoms with Gasteiger partial charge in [-0.25, -0.2) is 0 Å². The third-order valence-electron chi connectivity index (χ3n) is 4.77. The highest BCUT2D eigenvalue weighted by atomic mass is 16.1. The van der Waals surface area contributed by atoms with Crippen LogP contribution in [0.3, 0.4) is 0 Å². The van der Waals surface area contributed by atoms with Gasteiger partial charge in [0, 0.05) is 30.9 Å². The van der Waals surface area contributed by atoms with Crippen LogP contribution in [0.1, 0.15) is 35.3 Å². The van der Waals surface area contributed by atoms with E-state index in [0.29, 0.717) is 0 Å². The van der Waals surface area contributed by atoms with Gasteiger partial charge in [0.15, 0.2) is 5.78 Å². The summed E-state index contributed by atoms with van der Waals surface area (Å²) >= 11 is 0. The van der Waals surface area contributed by atoms with Crippen LogP contribution in [0.2, 0.25) is 0 Å². The second-order valence-electron chi connectivity index (χ2n) is 7.21. The van der Waals surface area contributed by atoms with Crippen LogP contribution in [0.15, 0.2) is 54.6 Å². The molecular weight excluding hydrogens is 346 g/mol. The average molecular weight is 380 g/mol. The number of carbonyl (C=O) groups excluding carboxylic acids is 1. The standard InChI is InChI=1S/C24H33N3O/c1-5-27(6-2)19-21-7-12-22(13-8-21)24(28)16-11-20-9-14-23(15-10-20)25-17-18-26(3)4/h7-16,25H,5-6,17-19H2,1-4H3. The first kappa shape index (κ1) is 21.9. The third-order valence-corrected chi connectivity index (χ3v) is 4.77. The molecule has 0 saturated carbocycles. The molecule has 4 nitrogen and oxygen atoms in total. The summed E-state index contributed by atoms with van der Waals surface area (Å²) in [6, 6.07) is 16.1. The molecule has 4 heteroatoms. The summed E-state index contributed by atoms with van der Waals surface area (Å²) in [4.78, 5) is 16.9. The van der Waals surface area contributed by atoms with Crippen molar-refractivity contribution in [2.45, 2.75) is 20.4 Å². The maximum absolute atomic E-state index is 12.4. The van der Waals surface area contributed by atoms with Crippen molar-refractivity contribution >= 4 is 17.5 Å². The molecule has 0 radical (unpaired) electrons. The summed E-state index contributed by atoms with van der Waals surface area (Å²) in [7, 11) is 4.12. The lowest BCUT2D eigenvalue weighted by Crippen LogP contribution is -2.22. The first-order valence-electron chi connectivity index (χ1n) is 10.0. The monoisotopic (exact) mass is 379 g/mol. The number of nitrogens with zero attached hydrogens (tertiary/aromatic N) is 2. The molecule has 0 aromatic heterocycles. The van der Waals surface area contributed by atoms with Crippen molar-refractivity contribution in [3.05, 3.63) is 71.3 Å². The zero-order valence-corrected chi connectivity index (χ0v) is 17.6. The minimum absolute atomic E-state index is 0.0302. The van der Waals surface area contributed by atoms with Gasteiger partial charge < -0.3 is 10.2 Å². The second kappa shape index (κ2) is 11.4. The van der Waals surface area contributed by atoms with Gasteiger partial charge in [0.25, 0.3) is 0 Å². The predicted octanol–water partition coefficient (Wildman–Crippen LogP) is 4.40. The molecule has 0 atom stereocenters. The van der Waals surface area contributed by atoms with E-state index in [9.17, 15) is 4.79 Å². The molecule has 0 fully saturated rings. The van der Waals surface area contributed by atoms with Crippen LogP contribution in [-0.4, -0.2) is 55.9 Å². The lowest BCUT2D eigenvalue weighted by Gasteiger charge is -2.17. The Balaban J connectivity index is 1.90. The fourth-order valence-electron chi connectivity index (χ4n) is 2.88. The van der Waals surface area contributed by atoms with Gasteiger partial charge >= 0.3 is 0 Å². The number of rotatable bonds is 11. The van der Waals surface area contributed by atoms with Crippen LogP contribution < -0.4 is 5.32 Å². The minimum atomic E-state index is 0.0302. The number of carbonyl (C=O) groups is 1. The van der Waals surface area contributed by atoms with Gasteiger partial charge in [-0.1, -0.05) is 56.3 Å². The van der Waals surface area contributed by atoms with Crippen LogP contribution in [0.25, 0.3) is 6.08 Å². The van der Waals surface area contributed by atoms with E-state index in [1.165, 1.54) is 5.56 Å². The van der Waals surface area contributed by atoms with Crippen LogP contribution in [0.4, 0.5) is 5.69 Å². The molecule has 0 aliphatic carbocycles. The highest BCUT2D eigenvalue weighted by molar-refractivity contribution is 6.06. The van der Waals surface area contributed by atoms with E-state index < -0.39 is 0 Å². The highest BCUT2D eigenvalue weighted by Gasteiger charge is 2.04. The third kappa shape index (κ3) is 7.29. The smallest absolute Gasteiger partial charge is 0.185 e. The number of likely N-dealkylation sites (N-methyl/N-ethyl adjacent to an activating group) is 1. The lowest BCUT2D eigenvalue weighted by molar-refractivity contribution is 0.104. The fraction of sp³-hybridized carbons (Fsp3) is 0.375. The summed E-state index contributed by atoms with van der Waals surface area (Å²) in [5.74, 6) is 0.0302. The zero-order valence-electron chi connectivity index (χ0n) is 17.6. The largest absolute Gasteiger partial charge is 0.384 e. The number of hydrogen-bond donors (Lipinski definition) is 1. The van der Waals surface area contributed by atoms with Gasteiger partial charge in [-0.3, -0.25) is 9.69 Å². The van der Waals surface area contributed by atoms with Gasteiger partial charge in [-0.15, -0.1) is 0 Å². The SMILES string of the molecule is CCN(CC)Cc1ccc(C(=O)C=Cc2ccc(NCCN(C)C)cc2)cc1. The molecule has 28 heavy (non-hydrogen) atoms. The van der Waals surface area contributed by atoms with E-state index in [-0.39, 0.29) is 5.78 Å². The molecule has 0 aliphatic heterocycles. The fourth-order valence-corrected chi connectivity index (χ4v) is 2.88. The summed E-state index contributed by atoms with van der Waals surface area (Å²) in [6.45, 7) is 9.21.